The van der Waals surface area contributed by atoms with E-state index in [1.807, 2.05) is 109 Å². The highest BCUT2D eigenvalue weighted by Gasteiger charge is 2.35. The van der Waals surface area contributed by atoms with E-state index in [0.29, 0.717) is 28.3 Å². The molecule has 0 radical (unpaired) electrons. The predicted molar refractivity (Wildman–Crippen MR) is 240 cm³/mol. The average Bonchev–Trinajstić information content (AvgIpc) is 3.80. The van der Waals surface area contributed by atoms with Gasteiger partial charge in [-0.25, -0.2) is 14.5 Å². The van der Waals surface area contributed by atoms with Crippen LogP contribution >= 0.6 is 0 Å². The number of benzene rings is 8. The third-order valence-electron chi connectivity index (χ3n) is 11.6. The molecule has 10 aromatic rings. The van der Waals surface area contributed by atoms with Gasteiger partial charge in [-0.05, 0) is 100 Å². The van der Waals surface area contributed by atoms with Gasteiger partial charge in [-0.3, -0.25) is 0 Å². The molecule has 0 aliphatic carbocycles. The summed E-state index contributed by atoms with van der Waals surface area (Å²) < 4.78 is 48.9. The van der Waals surface area contributed by atoms with E-state index in [4.69, 9.17) is 19.7 Å². The Morgan fingerprint density at radius 1 is 0.426 bits per heavy atom. The SMILES string of the molecule is [C-]#[N+]c1ccccc1-c1ccc2c(c1)c1ccccc1n2-c1cc([N+]#[C-])c(-c2c(C)cccc2C(F)(F)F)cc1-n1c2ccccc2c2cc(-c3ccccc3[N+]#[C-])ccc21. The summed E-state index contributed by atoms with van der Waals surface area (Å²) in [6.07, 6.45) is -4.68. The minimum atomic E-state index is -4.68. The minimum absolute atomic E-state index is 0.0436. The fourth-order valence-electron chi connectivity index (χ4n) is 8.91. The van der Waals surface area contributed by atoms with E-state index < -0.39 is 11.7 Å². The number of rotatable bonds is 5. The number of aromatic nitrogens is 2. The molecule has 0 aliphatic heterocycles. The molecular weight excluding hydrogens is 764 g/mol. The van der Waals surface area contributed by atoms with E-state index in [2.05, 4.69) is 35.8 Å². The number of hydrogen-bond acceptors (Lipinski definition) is 0. The molecule has 0 aliphatic rings. The normalized spacial score (nSPS) is 11.6. The van der Waals surface area contributed by atoms with Crippen molar-refractivity contribution in [2.45, 2.75) is 13.1 Å². The van der Waals surface area contributed by atoms with Gasteiger partial charge in [0, 0.05) is 21.5 Å². The standard InChI is InChI=1S/C53H30F3N5/c1-32-14-13-19-42(53(54,55)56)52(32)41-30-50(60-46-22-11-7-17-37(46)39-28-33(24-26-48(39)60)35-15-5-9-20-43(35)57-2)51(31-45(41)59-4)61-47-23-12-8-18-38(47)40-29-34(25-27-49(40)61)36-16-6-10-21-44(36)58-3/h5-31H,1H3. The van der Waals surface area contributed by atoms with Crippen molar-refractivity contribution in [2.75, 3.05) is 0 Å². The molecule has 0 atom stereocenters. The van der Waals surface area contributed by atoms with Crippen molar-refractivity contribution in [1.29, 1.82) is 0 Å². The average molecular weight is 794 g/mol. The Morgan fingerprint density at radius 2 is 0.885 bits per heavy atom. The molecule has 8 aromatic carbocycles. The fraction of sp³-hybridized carbons (Fsp3) is 0.0377. The molecule has 10 rings (SSSR count). The van der Waals surface area contributed by atoms with Gasteiger partial charge in [0.15, 0.2) is 17.1 Å². The van der Waals surface area contributed by atoms with Crippen LogP contribution in [0.25, 0.3) is 103 Å². The molecule has 0 fully saturated rings. The van der Waals surface area contributed by atoms with E-state index in [9.17, 15) is 13.2 Å². The lowest BCUT2D eigenvalue weighted by Crippen LogP contribution is -2.09. The first-order valence-electron chi connectivity index (χ1n) is 19.4. The lowest BCUT2D eigenvalue weighted by molar-refractivity contribution is -0.137. The van der Waals surface area contributed by atoms with Crippen molar-refractivity contribution in [3.8, 4) is 44.8 Å². The van der Waals surface area contributed by atoms with Gasteiger partial charge in [0.05, 0.1) is 58.7 Å². The van der Waals surface area contributed by atoms with Crippen molar-refractivity contribution in [2.24, 2.45) is 0 Å². The Kier molecular flexibility index (Phi) is 8.58. The van der Waals surface area contributed by atoms with E-state index in [0.717, 1.165) is 71.9 Å². The van der Waals surface area contributed by atoms with E-state index in [1.165, 1.54) is 6.07 Å². The van der Waals surface area contributed by atoms with Crippen LogP contribution in [0.2, 0.25) is 0 Å². The molecule has 2 heterocycles. The highest BCUT2D eigenvalue weighted by atomic mass is 19.4. The largest absolute Gasteiger partial charge is 0.416 e. The van der Waals surface area contributed by atoms with Gasteiger partial charge in [0.2, 0.25) is 0 Å². The van der Waals surface area contributed by atoms with Crippen LogP contribution in [-0.4, -0.2) is 9.13 Å². The zero-order valence-electron chi connectivity index (χ0n) is 32.5. The maximum atomic E-state index is 14.9. The molecular formula is C53H30F3N5. The Bertz CT molecular complexity index is 3590. The van der Waals surface area contributed by atoms with Crippen LogP contribution in [0.5, 0.6) is 0 Å². The zero-order valence-corrected chi connectivity index (χ0v) is 32.5. The summed E-state index contributed by atoms with van der Waals surface area (Å²) in [6.45, 7) is 25.8. The maximum absolute atomic E-state index is 14.9. The first-order chi connectivity index (χ1) is 29.7. The van der Waals surface area contributed by atoms with Crippen LogP contribution in [0.4, 0.5) is 30.2 Å². The second-order valence-corrected chi connectivity index (χ2v) is 14.9. The Hall–Kier alpha value is -8.38. The Balaban J connectivity index is 1.35. The van der Waals surface area contributed by atoms with Crippen molar-refractivity contribution >= 4 is 60.7 Å². The van der Waals surface area contributed by atoms with Crippen LogP contribution in [0, 0.1) is 26.6 Å². The van der Waals surface area contributed by atoms with Crippen molar-refractivity contribution in [3.05, 3.63) is 209 Å². The monoisotopic (exact) mass is 793 g/mol. The zero-order chi connectivity index (χ0) is 42.0. The maximum Gasteiger partial charge on any atom is 0.416 e. The third kappa shape index (κ3) is 5.83. The summed E-state index contributed by atoms with van der Waals surface area (Å²) in [7, 11) is 0. The van der Waals surface area contributed by atoms with Crippen molar-refractivity contribution in [1.82, 2.24) is 9.13 Å². The molecule has 0 amide bonds. The molecule has 61 heavy (non-hydrogen) atoms. The topological polar surface area (TPSA) is 22.9 Å². The van der Waals surface area contributed by atoms with Gasteiger partial charge in [-0.2, -0.15) is 13.2 Å². The van der Waals surface area contributed by atoms with E-state index in [-0.39, 0.29) is 16.8 Å². The molecule has 288 valence electrons. The molecule has 0 saturated heterocycles. The molecule has 0 bridgehead atoms. The number of halogens is 3. The highest BCUT2D eigenvalue weighted by Crippen LogP contribution is 2.48. The third-order valence-corrected chi connectivity index (χ3v) is 11.6. The molecule has 0 spiro atoms. The van der Waals surface area contributed by atoms with Gasteiger partial charge in [-0.1, -0.05) is 109 Å². The molecule has 0 N–H and O–H groups in total. The number of alkyl halides is 3. The molecule has 0 saturated carbocycles. The molecule has 2 aromatic heterocycles. The summed E-state index contributed by atoms with van der Waals surface area (Å²) in [5.74, 6) is 0. The molecule has 0 unspecified atom stereocenters. The second kappa shape index (κ2) is 14.2. The number of hydrogen-bond donors (Lipinski definition) is 0. The van der Waals surface area contributed by atoms with Gasteiger partial charge in [-0.15, -0.1) is 0 Å². The number of fused-ring (bicyclic) bond motifs is 6. The van der Waals surface area contributed by atoms with Gasteiger partial charge < -0.3 is 9.13 Å². The van der Waals surface area contributed by atoms with E-state index in [1.54, 1.807) is 37.3 Å². The lowest BCUT2D eigenvalue weighted by Gasteiger charge is -2.22. The van der Waals surface area contributed by atoms with Crippen LogP contribution in [0.1, 0.15) is 11.1 Å². The number of nitrogens with zero attached hydrogens (tertiary/aromatic N) is 5. The van der Waals surface area contributed by atoms with Crippen molar-refractivity contribution in [3.63, 3.8) is 0 Å². The van der Waals surface area contributed by atoms with Gasteiger partial charge in [0.1, 0.15) is 0 Å². The smallest absolute Gasteiger partial charge is 0.308 e. The van der Waals surface area contributed by atoms with Crippen LogP contribution < -0.4 is 0 Å². The highest BCUT2D eigenvalue weighted by molar-refractivity contribution is 6.13. The van der Waals surface area contributed by atoms with Gasteiger partial charge >= 0.3 is 6.18 Å². The summed E-state index contributed by atoms with van der Waals surface area (Å²) in [6, 6.07) is 50.5. The Morgan fingerprint density at radius 3 is 1.39 bits per heavy atom. The van der Waals surface area contributed by atoms with Crippen LogP contribution in [0.3, 0.4) is 0 Å². The van der Waals surface area contributed by atoms with Gasteiger partial charge in [0.25, 0.3) is 0 Å². The minimum Gasteiger partial charge on any atom is -0.308 e. The summed E-state index contributed by atoms with van der Waals surface area (Å²) in [5.41, 5.74) is 8.62. The quantitative estimate of drug-likeness (QED) is 0.155. The first-order valence-corrected chi connectivity index (χ1v) is 19.4. The summed E-state index contributed by atoms with van der Waals surface area (Å²) in [5, 5.41) is 3.66. The van der Waals surface area contributed by atoms with Crippen LogP contribution in [0.15, 0.2) is 164 Å². The molecule has 8 heteroatoms. The van der Waals surface area contributed by atoms with Crippen LogP contribution in [-0.2, 0) is 6.18 Å². The second-order valence-electron chi connectivity index (χ2n) is 14.9. The number of para-hydroxylation sites is 4. The molecule has 5 nitrogen and oxygen atoms in total. The van der Waals surface area contributed by atoms with Crippen molar-refractivity contribution < 1.29 is 13.2 Å². The number of aryl methyl sites for hydroxylation is 1. The van der Waals surface area contributed by atoms with E-state index >= 15 is 0 Å². The first kappa shape index (κ1) is 36.9. The lowest BCUT2D eigenvalue weighted by atomic mass is 9.92. The summed E-state index contributed by atoms with van der Waals surface area (Å²) >= 11 is 0. The predicted octanol–water partition coefficient (Wildman–Crippen LogP) is 15.9. The Labute approximate surface area is 348 Å². The fourth-order valence-corrected chi connectivity index (χ4v) is 8.91. The summed E-state index contributed by atoms with van der Waals surface area (Å²) in [4.78, 5) is 11.5.